The van der Waals surface area contributed by atoms with Crippen LogP contribution in [-0.4, -0.2) is 36.2 Å². The van der Waals surface area contributed by atoms with E-state index in [4.69, 9.17) is 4.74 Å². The van der Waals surface area contributed by atoms with Gasteiger partial charge < -0.3 is 14.7 Å². The number of rotatable bonds is 4. The van der Waals surface area contributed by atoms with Crippen LogP contribution in [0, 0.1) is 21.3 Å². The van der Waals surface area contributed by atoms with Gasteiger partial charge in [0.15, 0.2) is 11.6 Å². The number of benzene rings is 1. The highest BCUT2D eigenvalue weighted by molar-refractivity contribution is 5.76. The third-order valence-corrected chi connectivity index (χ3v) is 3.78. The van der Waals surface area contributed by atoms with Crippen molar-refractivity contribution in [3.8, 4) is 5.75 Å². The van der Waals surface area contributed by atoms with Gasteiger partial charge in [0.2, 0.25) is 0 Å². The fraction of sp³-hybridized carbons (Fsp3) is 0.462. The second kappa shape index (κ2) is 5.19. The average Bonchev–Trinajstić information content (AvgIpc) is 2.82. The smallest absolute Gasteiger partial charge is 0.313 e. The molecule has 2 rings (SSSR count). The Morgan fingerprint density at radius 2 is 2.24 bits per heavy atom. The lowest BCUT2D eigenvalue weighted by Gasteiger charge is -2.22. The summed E-state index contributed by atoms with van der Waals surface area (Å²) in [7, 11) is 1.26. The number of nitro benzene ring substituents is 1. The Bertz CT molecular complexity index is 606. The molecule has 0 bridgehead atoms. The Labute approximate surface area is 120 Å². The number of carboxylic acid groups (broad SMARTS) is 1. The summed E-state index contributed by atoms with van der Waals surface area (Å²) in [4.78, 5) is 22.9. The van der Waals surface area contributed by atoms with E-state index in [9.17, 15) is 24.4 Å². The number of aliphatic carboxylic acids is 1. The number of nitrogens with zero attached hydrogens (tertiary/aromatic N) is 2. The second-order valence-corrected chi connectivity index (χ2v) is 5.27. The summed E-state index contributed by atoms with van der Waals surface area (Å²) in [5, 5.41) is 20.0. The van der Waals surface area contributed by atoms with Gasteiger partial charge in [0, 0.05) is 19.2 Å². The van der Waals surface area contributed by atoms with Crippen molar-refractivity contribution in [3.05, 3.63) is 28.1 Å². The number of hydrogen-bond donors (Lipinski definition) is 1. The quantitative estimate of drug-likeness (QED) is 0.675. The molecule has 0 radical (unpaired) electrons. The maximum atomic E-state index is 14.1. The van der Waals surface area contributed by atoms with Crippen LogP contribution in [0.3, 0.4) is 0 Å². The van der Waals surface area contributed by atoms with Crippen molar-refractivity contribution in [3.63, 3.8) is 0 Å². The molecule has 0 amide bonds. The van der Waals surface area contributed by atoms with Crippen molar-refractivity contribution in [2.75, 3.05) is 25.1 Å². The van der Waals surface area contributed by atoms with E-state index in [0.717, 1.165) is 6.07 Å². The van der Waals surface area contributed by atoms with Crippen molar-refractivity contribution >= 4 is 17.3 Å². The van der Waals surface area contributed by atoms with Gasteiger partial charge in [-0.3, -0.25) is 14.9 Å². The van der Waals surface area contributed by atoms with Crippen LogP contribution in [0.5, 0.6) is 5.75 Å². The number of ether oxygens (including phenoxy) is 1. The van der Waals surface area contributed by atoms with Gasteiger partial charge in [0.25, 0.3) is 0 Å². The van der Waals surface area contributed by atoms with Crippen LogP contribution in [0.15, 0.2) is 12.1 Å². The molecule has 1 aliphatic heterocycles. The summed E-state index contributed by atoms with van der Waals surface area (Å²) in [6.07, 6.45) is 0.376. The van der Waals surface area contributed by atoms with Gasteiger partial charge in [-0.2, -0.15) is 0 Å². The predicted octanol–water partition coefficient (Wildman–Crippen LogP) is 2.04. The highest BCUT2D eigenvalue weighted by Crippen LogP contribution is 2.39. The first-order valence-corrected chi connectivity index (χ1v) is 6.29. The molecular formula is C13H15FN2O5. The molecule has 1 unspecified atom stereocenters. The van der Waals surface area contributed by atoms with E-state index < -0.39 is 27.8 Å². The maximum Gasteiger partial charge on any atom is 0.313 e. The first kappa shape index (κ1) is 15.0. The summed E-state index contributed by atoms with van der Waals surface area (Å²) in [6.45, 7) is 2.09. The van der Waals surface area contributed by atoms with Gasteiger partial charge in [0.1, 0.15) is 0 Å². The minimum absolute atomic E-state index is 0.0553. The van der Waals surface area contributed by atoms with Gasteiger partial charge in [-0.15, -0.1) is 0 Å². The number of hydrogen-bond acceptors (Lipinski definition) is 5. The highest BCUT2D eigenvalue weighted by atomic mass is 19.1. The van der Waals surface area contributed by atoms with E-state index in [0.29, 0.717) is 13.0 Å². The van der Waals surface area contributed by atoms with Crippen molar-refractivity contribution in [1.82, 2.24) is 0 Å². The molecule has 0 saturated carbocycles. The zero-order chi connectivity index (χ0) is 15.8. The van der Waals surface area contributed by atoms with E-state index in [1.54, 1.807) is 11.8 Å². The van der Waals surface area contributed by atoms with Crippen LogP contribution in [0.4, 0.5) is 15.8 Å². The molecule has 0 aliphatic carbocycles. The van der Waals surface area contributed by atoms with E-state index in [-0.39, 0.29) is 18.0 Å². The minimum atomic E-state index is -0.957. The molecule has 8 heteroatoms. The molecule has 1 saturated heterocycles. The normalized spacial score (nSPS) is 21.4. The first-order chi connectivity index (χ1) is 9.78. The van der Waals surface area contributed by atoms with Crippen molar-refractivity contribution < 1.29 is 24.0 Å². The standard InChI is InChI=1S/C13H15FN2O5/c1-13(12(17)18)3-4-15(7-13)9-6-11(21-2)10(16(19)20)5-8(9)14/h5-6H,3-4,7H2,1-2H3,(H,17,18). The van der Waals surface area contributed by atoms with Crippen LogP contribution in [0.25, 0.3) is 0 Å². The number of carbonyl (C=O) groups is 1. The molecule has 1 fully saturated rings. The number of anilines is 1. The lowest BCUT2D eigenvalue weighted by atomic mass is 9.90. The number of carboxylic acids is 1. The molecule has 1 aliphatic rings. The topological polar surface area (TPSA) is 92.9 Å². The van der Waals surface area contributed by atoms with E-state index in [2.05, 4.69) is 0 Å². The number of halogens is 1. The van der Waals surface area contributed by atoms with Crippen molar-refractivity contribution in [2.45, 2.75) is 13.3 Å². The molecule has 1 aromatic rings. The van der Waals surface area contributed by atoms with Crippen LogP contribution < -0.4 is 9.64 Å². The summed E-state index contributed by atoms with van der Waals surface area (Å²) in [5.41, 5.74) is -1.30. The molecule has 114 valence electrons. The second-order valence-electron chi connectivity index (χ2n) is 5.27. The molecular weight excluding hydrogens is 283 g/mol. The molecule has 0 spiro atoms. The largest absolute Gasteiger partial charge is 0.490 e. The van der Waals surface area contributed by atoms with Gasteiger partial charge in [-0.25, -0.2) is 4.39 Å². The molecule has 0 aromatic heterocycles. The van der Waals surface area contributed by atoms with Gasteiger partial charge in [-0.05, 0) is 13.3 Å². The van der Waals surface area contributed by atoms with Crippen molar-refractivity contribution in [1.29, 1.82) is 0 Å². The van der Waals surface area contributed by atoms with E-state index in [1.165, 1.54) is 13.2 Å². The zero-order valence-electron chi connectivity index (χ0n) is 11.6. The molecule has 1 atom stereocenters. The molecule has 7 nitrogen and oxygen atoms in total. The molecule has 1 heterocycles. The van der Waals surface area contributed by atoms with Gasteiger partial charge in [0.05, 0.1) is 29.2 Å². The molecule has 1 N–H and O–H groups in total. The Balaban J connectivity index is 2.38. The third-order valence-electron chi connectivity index (χ3n) is 3.78. The Morgan fingerprint density at radius 3 is 2.71 bits per heavy atom. The van der Waals surface area contributed by atoms with Crippen LogP contribution >= 0.6 is 0 Å². The average molecular weight is 298 g/mol. The van der Waals surface area contributed by atoms with Crippen LogP contribution in [-0.2, 0) is 4.79 Å². The molecule has 1 aromatic carbocycles. The lowest BCUT2D eigenvalue weighted by Crippen LogP contribution is -2.32. The third kappa shape index (κ3) is 2.61. The molecule has 21 heavy (non-hydrogen) atoms. The fourth-order valence-electron chi connectivity index (χ4n) is 2.42. The van der Waals surface area contributed by atoms with Gasteiger partial charge in [-0.1, -0.05) is 0 Å². The predicted molar refractivity (Wildman–Crippen MR) is 72.2 cm³/mol. The maximum absolute atomic E-state index is 14.1. The Morgan fingerprint density at radius 1 is 1.57 bits per heavy atom. The minimum Gasteiger partial charge on any atom is -0.490 e. The van der Waals surface area contributed by atoms with E-state index >= 15 is 0 Å². The van der Waals surface area contributed by atoms with Crippen LogP contribution in [0.1, 0.15) is 13.3 Å². The van der Waals surface area contributed by atoms with Gasteiger partial charge >= 0.3 is 11.7 Å². The number of nitro groups is 1. The summed E-state index contributed by atoms with van der Waals surface area (Å²) < 4.78 is 19.0. The first-order valence-electron chi connectivity index (χ1n) is 6.29. The summed E-state index contributed by atoms with van der Waals surface area (Å²) in [6, 6.07) is 2.03. The number of methoxy groups -OCH3 is 1. The Hall–Kier alpha value is -2.38. The zero-order valence-corrected chi connectivity index (χ0v) is 11.6. The summed E-state index contributed by atoms with van der Waals surface area (Å²) in [5.74, 6) is -1.77. The van der Waals surface area contributed by atoms with Crippen LogP contribution in [0.2, 0.25) is 0 Å². The lowest BCUT2D eigenvalue weighted by molar-refractivity contribution is -0.385. The summed E-state index contributed by atoms with van der Waals surface area (Å²) >= 11 is 0. The fourth-order valence-corrected chi connectivity index (χ4v) is 2.42. The SMILES string of the molecule is COc1cc(N2CCC(C)(C(=O)O)C2)c(F)cc1[N+](=O)[O-]. The van der Waals surface area contributed by atoms with Crippen molar-refractivity contribution in [2.24, 2.45) is 5.41 Å². The highest BCUT2D eigenvalue weighted by Gasteiger charge is 2.41. The Kier molecular flexibility index (Phi) is 3.71. The van der Waals surface area contributed by atoms with E-state index in [1.807, 2.05) is 0 Å². The monoisotopic (exact) mass is 298 g/mol.